The van der Waals surface area contributed by atoms with E-state index >= 15 is 0 Å². The Morgan fingerprint density at radius 3 is 2.83 bits per heavy atom. The van der Waals surface area contributed by atoms with Crippen LogP contribution in [0.3, 0.4) is 0 Å². The average molecular weight is 167 g/mol. The SMILES string of the molecule is CC(C)C1CC=C(C=NO)CC1. The van der Waals surface area contributed by atoms with E-state index in [2.05, 4.69) is 25.1 Å². The van der Waals surface area contributed by atoms with Gasteiger partial charge in [0, 0.05) is 0 Å². The van der Waals surface area contributed by atoms with Crippen LogP contribution >= 0.6 is 0 Å². The third kappa shape index (κ3) is 2.36. The molecular formula is C10H17NO. The first-order chi connectivity index (χ1) is 5.74. The summed E-state index contributed by atoms with van der Waals surface area (Å²) in [5.74, 6) is 1.59. The summed E-state index contributed by atoms with van der Waals surface area (Å²) in [5.41, 5.74) is 1.18. The van der Waals surface area contributed by atoms with Crippen LogP contribution in [0.25, 0.3) is 0 Å². The standard InChI is InChI=1S/C10H17NO/c1-8(2)10-5-3-9(4-6-10)7-11-12/h3,7-8,10,12H,4-6H2,1-2H3. The van der Waals surface area contributed by atoms with Gasteiger partial charge in [-0.1, -0.05) is 25.1 Å². The second-order valence-electron chi connectivity index (χ2n) is 3.80. The molecule has 1 aliphatic carbocycles. The lowest BCUT2D eigenvalue weighted by atomic mass is 9.83. The predicted octanol–water partition coefficient (Wildman–Crippen LogP) is 2.83. The van der Waals surface area contributed by atoms with Crippen LogP contribution in [0, 0.1) is 11.8 Å². The van der Waals surface area contributed by atoms with Crippen molar-refractivity contribution in [1.82, 2.24) is 0 Å². The highest BCUT2D eigenvalue weighted by Gasteiger charge is 2.16. The second kappa shape index (κ2) is 4.29. The first-order valence-corrected chi connectivity index (χ1v) is 4.60. The molecule has 2 nitrogen and oxygen atoms in total. The van der Waals surface area contributed by atoms with Crippen LogP contribution in [0.5, 0.6) is 0 Å². The first kappa shape index (κ1) is 9.30. The zero-order valence-electron chi connectivity index (χ0n) is 7.83. The molecule has 1 atom stereocenters. The normalized spacial score (nSPS) is 24.9. The second-order valence-corrected chi connectivity index (χ2v) is 3.80. The Labute approximate surface area is 74.0 Å². The summed E-state index contributed by atoms with van der Waals surface area (Å²) in [7, 11) is 0. The van der Waals surface area contributed by atoms with Gasteiger partial charge in [0.25, 0.3) is 0 Å². The molecule has 1 unspecified atom stereocenters. The number of allylic oxidation sites excluding steroid dienone is 2. The molecule has 1 aliphatic rings. The predicted molar refractivity (Wildman–Crippen MR) is 50.5 cm³/mol. The van der Waals surface area contributed by atoms with Gasteiger partial charge in [-0.2, -0.15) is 0 Å². The van der Waals surface area contributed by atoms with E-state index in [1.165, 1.54) is 12.0 Å². The molecule has 0 spiro atoms. The van der Waals surface area contributed by atoms with Crippen molar-refractivity contribution >= 4 is 6.21 Å². The minimum Gasteiger partial charge on any atom is -0.411 e. The van der Waals surface area contributed by atoms with E-state index < -0.39 is 0 Å². The van der Waals surface area contributed by atoms with Crippen LogP contribution in [0.4, 0.5) is 0 Å². The summed E-state index contributed by atoms with van der Waals surface area (Å²) in [5, 5.41) is 11.4. The molecule has 0 aliphatic heterocycles. The zero-order chi connectivity index (χ0) is 8.97. The number of nitrogens with zero attached hydrogens (tertiary/aromatic N) is 1. The minimum absolute atomic E-state index is 0.772. The Hall–Kier alpha value is -0.790. The zero-order valence-corrected chi connectivity index (χ0v) is 7.83. The van der Waals surface area contributed by atoms with E-state index in [1.807, 2.05) is 0 Å². The van der Waals surface area contributed by atoms with Crippen molar-refractivity contribution in [3.05, 3.63) is 11.6 Å². The van der Waals surface area contributed by atoms with E-state index in [0.29, 0.717) is 0 Å². The number of rotatable bonds is 2. The fourth-order valence-corrected chi connectivity index (χ4v) is 1.67. The fourth-order valence-electron chi connectivity index (χ4n) is 1.67. The number of hydrogen-bond acceptors (Lipinski definition) is 2. The maximum absolute atomic E-state index is 8.32. The summed E-state index contributed by atoms with van der Waals surface area (Å²) in [6.45, 7) is 4.53. The molecule has 0 aromatic rings. The van der Waals surface area contributed by atoms with Crippen molar-refractivity contribution in [2.45, 2.75) is 33.1 Å². The number of oxime groups is 1. The molecule has 12 heavy (non-hydrogen) atoms. The molecule has 2 heteroatoms. The molecule has 68 valence electrons. The van der Waals surface area contributed by atoms with Gasteiger partial charge >= 0.3 is 0 Å². The molecule has 0 fully saturated rings. The van der Waals surface area contributed by atoms with Gasteiger partial charge in [-0.05, 0) is 36.7 Å². The largest absolute Gasteiger partial charge is 0.411 e. The van der Waals surface area contributed by atoms with E-state index in [-0.39, 0.29) is 0 Å². The third-order valence-corrected chi connectivity index (χ3v) is 2.65. The quantitative estimate of drug-likeness (QED) is 0.383. The van der Waals surface area contributed by atoms with Crippen molar-refractivity contribution in [2.24, 2.45) is 17.0 Å². The van der Waals surface area contributed by atoms with Crippen molar-refractivity contribution < 1.29 is 5.21 Å². The van der Waals surface area contributed by atoms with E-state index in [1.54, 1.807) is 6.21 Å². The highest BCUT2D eigenvalue weighted by molar-refractivity contribution is 5.78. The molecule has 0 aromatic carbocycles. The van der Waals surface area contributed by atoms with Gasteiger partial charge in [0.15, 0.2) is 0 Å². The van der Waals surface area contributed by atoms with Gasteiger partial charge in [-0.15, -0.1) is 0 Å². The molecule has 0 bridgehead atoms. The van der Waals surface area contributed by atoms with Crippen LogP contribution in [-0.4, -0.2) is 11.4 Å². The fraction of sp³-hybridized carbons (Fsp3) is 0.700. The maximum atomic E-state index is 8.32. The lowest BCUT2D eigenvalue weighted by molar-refractivity contribution is 0.320. The van der Waals surface area contributed by atoms with E-state index in [4.69, 9.17) is 5.21 Å². The van der Waals surface area contributed by atoms with Crippen LogP contribution in [-0.2, 0) is 0 Å². The van der Waals surface area contributed by atoms with Gasteiger partial charge in [-0.25, -0.2) is 0 Å². The Kier molecular flexibility index (Phi) is 3.32. The molecule has 0 aromatic heterocycles. The Bertz CT molecular complexity index is 194. The van der Waals surface area contributed by atoms with E-state index in [9.17, 15) is 0 Å². The molecule has 0 radical (unpaired) electrons. The topological polar surface area (TPSA) is 32.6 Å². The molecule has 1 N–H and O–H groups in total. The van der Waals surface area contributed by atoms with Gasteiger partial charge in [0.1, 0.15) is 0 Å². The molecular weight excluding hydrogens is 150 g/mol. The van der Waals surface area contributed by atoms with Crippen LogP contribution in [0.15, 0.2) is 16.8 Å². The minimum atomic E-state index is 0.772. The van der Waals surface area contributed by atoms with Crippen LogP contribution < -0.4 is 0 Å². The van der Waals surface area contributed by atoms with Crippen molar-refractivity contribution in [3.8, 4) is 0 Å². The first-order valence-electron chi connectivity index (χ1n) is 4.60. The molecule has 1 rings (SSSR count). The summed E-state index contributed by atoms with van der Waals surface area (Å²) in [6.07, 6.45) is 7.17. The van der Waals surface area contributed by atoms with Gasteiger partial charge in [-0.3, -0.25) is 0 Å². The lowest BCUT2D eigenvalue weighted by Gasteiger charge is -2.23. The molecule has 0 heterocycles. The average Bonchev–Trinajstić information content (AvgIpc) is 2.06. The summed E-state index contributed by atoms with van der Waals surface area (Å²) >= 11 is 0. The van der Waals surface area contributed by atoms with Crippen molar-refractivity contribution in [2.75, 3.05) is 0 Å². The van der Waals surface area contributed by atoms with Crippen molar-refractivity contribution in [1.29, 1.82) is 0 Å². The number of hydrogen-bond donors (Lipinski definition) is 1. The van der Waals surface area contributed by atoms with Crippen molar-refractivity contribution in [3.63, 3.8) is 0 Å². The monoisotopic (exact) mass is 167 g/mol. The Morgan fingerprint density at radius 1 is 1.67 bits per heavy atom. The summed E-state index contributed by atoms with van der Waals surface area (Å²) in [6, 6.07) is 0. The Balaban J connectivity index is 2.47. The molecule has 0 saturated carbocycles. The lowest BCUT2D eigenvalue weighted by Crippen LogP contribution is -2.12. The van der Waals surface area contributed by atoms with E-state index in [0.717, 1.165) is 24.7 Å². The highest BCUT2D eigenvalue weighted by Crippen LogP contribution is 2.28. The van der Waals surface area contributed by atoms with Crippen LogP contribution in [0.1, 0.15) is 33.1 Å². The molecule has 0 saturated heterocycles. The highest BCUT2D eigenvalue weighted by atomic mass is 16.4. The summed E-state index contributed by atoms with van der Waals surface area (Å²) < 4.78 is 0. The molecule has 0 amide bonds. The van der Waals surface area contributed by atoms with Gasteiger partial charge < -0.3 is 5.21 Å². The Morgan fingerprint density at radius 2 is 2.42 bits per heavy atom. The third-order valence-electron chi connectivity index (χ3n) is 2.65. The maximum Gasteiger partial charge on any atom is 0.0690 e. The van der Waals surface area contributed by atoms with Crippen LogP contribution in [0.2, 0.25) is 0 Å². The van der Waals surface area contributed by atoms with Gasteiger partial charge in [0.2, 0.25) is 0 Å². The van der Waals surface area contributed by atoms with Gasteiger partial charge in [0.05, 0.1) is 6.21 Å². The summed E-state index contributed by atoms with van der Waals surface area (Å²) in [4.78, 5) is 0. The smallest absolute Gasteiger partial charge is 0.0690 e.